The summed E-state index contributed by atoms with van der Waals surface area (Å²) in [6, 6.07) is 10.5. The summed E-state index contributed by atoms with van der Waals surface area (Å²) >= 11 is 0. The van der Waals surface area contributed by atoms with E-state index >= 15 is 0 Å². The molecule has 102 valence electrons. The van der Waals surface area contributed by atoms with Crippen LogP contribution in [0.4, 0.5) is 5.69 Å². The third-order valence-electron chi connectivity index (χ3n) is 2.65. The highest BCUT2D eigenvalue weighted by molar-refractivity contribution is 5.91. The van der Waals surface area contributed by atoms with E-state index in [-0.39, 0.29) is 22.7 Å². The lowest BCUT2D eigenvalue weighted by Gasteiger charge is -2.09. The van der Waals surface area contributed by atoms with Crippen LogP contribution < -0.4 is 4.74 Å². The number of carboxylic acids is 1. The van der Waals surface area contributed by atoms with Gasteiger partial charge in [0.15, 0.2) is 0 Å². The van der Waals surface area contributed by atoms with Crippen molar-refractivity contribution in [3.63, 3.8) is 0 Å². The second-order valence-corrected chi connectivity index (χ2v) is 4.13. The Bertz CT molecular complexity index is 681. The zero-order valence-corrected chi connectivity index (χ0v) is 10.6. The molecule has 0 spiro atoms. The van der Waals surface area contributed by atoms with E-state index in [1.54, 1.807) is 25.1 Å². The number of nitrogens with zero attached hydrogens (tertiary/aromatic N) is 1. The van der Waals surface area contributed by atoms with Crippen LogP contribution in [-0.4, -0.2) is 16.0 Å². The number of hydrogen-bond acceptors (Lipinski definition) is 4. The van der Waals surface area contributed by atoms with Gasteiger partial charge in [0, 0.05) is 6.07 Å². The molecule has 2 rings (SSSR count). The third-order valence-corrected chi connectivity index (χ3v) is 2.65. The fourth-order valence-electron chi connectivity index (χ4n) is 1.71. The van der Waals surface area contributed by atoms with Crippen LogP contribution in [0.5, 0.6) is 11.5 Å². The maximum absolute atomic E-state index is 11.1. The molecule has 0 heterocycles. The summed E-state index contributed by atoms with van der Waals surface area (Å²) in [4.78, 5) is 21.5. The van der Waals surface area contributed by atoms with Crippen LogP contribution in [0.1, 0.15) is 15.9 Å². The summed E-state index contributed by atoms with van der Waals surface area (Å²) in [6.07, 6.45) is 0. The minimum Gasteiger partial charge on any atom is -0.478 e. The summed E-state index contributed by atoms with van der Waals surface area (Å²) in [5.41, 5.74) is 0.461. The zero-order chi connectivity index (χ0) is 14.7. The number of benzene rings is 2. The maximum atomic E-state index is 11.1. The first-order valence-corrected chi connectivity index (χ1v) is 5.74. The molecule has 0 saturated carbocycles. The van der Waals surface area contributed by atoms with Crippen molar-refractivity contribution >= 4 is 11.7 Å². The van der Waals surface area contributed by atoms with Crippen molar-refractivity contribution in [1.82, 2.24) is 0 Å². The van der Waals surface area contributed by atoms with Gasteiger partial charge >= 0.3 is 11.7 Å². The number of nitro groups is 1. The first kappa shape index (κ1) is 13.5. The van der Waals surface area contributed by atoms with Gasteiger partial charge in [-0.2, -0.15) is 0 Å². The SMILES string of the molecule is Cc1ccc(Oc2ccccc2C(=O)O)c([N+](=O)[O-])c1. The zero-order valence-electron chi connectivity index (χ0n) is 10.6. The number of hydrogen-bond donors (Lipinski definition) is 1. The molecule has 1 N–H and O–H groups in total. The number of rotatable bonds is 4. The number of ether oxygens (including phenoxy) is 1. The van der Waals surface area contributed by atoms with Gasteiger partial charge in [-0.25, -0.2) is 4.79 Å². The molecule has 20 heavy (non-hydrogen) atoms. The number of aryl methyl sites for hydroxylation is 1. The largest absolute Gasteiger partial charge is 0.478 e. The van der Waals surface area contributed by atoms with Gasteiger partial charge in [-0.1, -0.05) is 18.2 Å². The van der Waals surface area contributed by atoms with Crippen molar-refractivity contribution in [3.8, 4) is 11.5 Å². The summed E-state index contributed by atoms with van der Waals surface area (Å²) in [7, 11) is 0. The van der Waals surface area contributed by atoms with Gasteiger partial charge in [0.25, 0.3) is 0 Å². The van der Waals surface area contributed by atoms with Gasteiger partial charge < -0.3 is 9.84 Å². The topological polar surface area (TPSA) is 89.7 Å². The molecule has 0 radical (unpaired) electrons. The van der Waals surface area contributed by atoms with Gasteiger partial charge in [-0.15, -0.1) is 0 Å². The first-order valence-electron chi connectivity index (χ1n) is 5.74. The highest BCUT2D eigenvalue weighted by atomic mass is 16.6. The molecule has 6 heteroatoms. The van der Waals surface area contributed by atoms with E-state index in [0.717, 1.165) is 5.56 Å². The molecule has 0 aliphatic heterocycles. The molecule has 0 unspecified atom stereocenters. The van der Waals surface area contributed by atoms with E-state index in [2.05, 4.69) is 0 Å². The van der Waals surface area contributed by atoms with Gasteiger partial charge in [0.2, 0.25) is 5.75 Å². The predicted molar refractivity (Wildman–Crippen MR) is 71.3 cm³/mol. The second-order valence-electron chi connectivity index (χ2n) is 4.13. The number of carboxylic acid groups (broad SMARTS) is 1. The highest BCUT2D eigenvalue weighted by Crippen LogP contribution is 2.33. The van der Waals surface area contributed by atoms with E-state index in [4.69, 9.17) is 9.84 Å². The van der Waals surface area contributed by atoms with E-state index in [0.29, 0.717) is 0 Å². The van der Waals surface area contributed by atoms with Gasteiger partial charge in [-0.3, -0.25) is 10.1 Å². The smallest absolute Gasteiger partial charge is 0.339 e. The molecular formula is C14H11NO5. The Morgan fingerprint density at radius 3 is 2.55 bits per heavy atom. The molecule has 0 aliphatic rings. The maximum Gasteiger partial charge on any atom is 0.339 e. The van der Waals surface area contributed by atoms with Crippen LogP contribution in [0, 0.1) is 17.0 Å². The van der Waals surface area contributed by atoms with Crippen molar-refractivity contribution in [2.45, 2.75) is 6.92 Å². The fraction of sp³-hybridized carbons (Fsp3) is 0.0714. The van der Waals surface area contributed by atoms with E-state index in [1.165, 1.54) is 24.3 Å². The Kier molecular flexibility index (Phi) is 3.65. The first-order chi connectivity index (χ1) is 9.49. The number of nitro benzene ring substituents is 1. The van der Waals surface area contributed by atoms with Crippen LogP contribution in [0.3, 0.4) is 0 Å². The molecule has 0 aliphatic carbocycles. The van der Waals surface area contributed by atoms with Crippen molar-refractivity contribution in [2.24, 2.45) is 0 Å². The van der Waals surface area contributed by atoms with Crippen molar-refractivity contribution in [2.75, 3.05) is 0 Å². The summed E-state index contributed by atoms with van der Waals surface area (Å²) < 4.78 is 5.40. The lowest BCUT2D eigenvalue weighted by atomic mass is 10.2. The van der Waals surface area contributed by atoms with E-state index in [1.807, 2.05) is 0 Å². The van der Waals surface area contributed by atoms with E-state index in [9.17, 15) is 14.9 Å². The average molecular weight is 273 g/mol. The van der Waals surface area contributed by atoms with Gasteiger partial charge in [0.05, 0.1) is 4.92 Å². The molecule has 2 aromatic carbocycles. The third kappa shape index (κ3) is 2.74. The van der Waals surface area contributed by atoms with Crippen LogP contribution in [0.2, 0.25) is 0 Å². The Morgan fingerprint density at radius 1 is 1.20 bits per heavy atom. The Labute approximate surface area is 114 Å². The van der Waals surface area contributed by atoms with E-state index < -0.39 is 10.9 Å². The van der Waals surface area contributed by atoms with Crippen molar-refractivity contribution in [3.05, 3.63) is 63.7 Å². The van der Waals surface area contributed by atoms with Crippen LogP contribution >= 0.6 is 0 Å². The average Bonchev–Trinajstić information content (AvgIpc) is 2.41. The molecule has 0 bridgehead atoms. The standard InChI is InChI=1S/C14H11NO5/c1-9-6-7-13(11(8-9)15(18)19)20-12-5-3-2-4-10(12)14(16)17/h2-8H,1H3,(H,16,17). The molecule has 0 fully saturated rings. The molecule has 0 aromatic heterocycles. The molecule has 6 nitrogen and oxygen atoms in total. The summed E-state index contributed by atoms with van der Waals surface area (Å²) in [5.74, 6) is -1.09. The number of aromatic carboxylic acids is 1. The molecule has 0 atom stereocenters. The molecule has 0 saturated heterocycles. The lowest BCUT2D eigenvalue weighted by Crippen LogP contribution is -2.01. The normalized spacial score (nSPS) is 10.1. The minimum atomic E-state index is -1.16. The predicted octanol–water partition coefficient (Wildman–Crippen LogP) is 3.39. The number of para-hydroxylation sites is 1. The quantitative estimate of drug-likeness (QED) is 0.681. The van der Waals surface area contributed by atoms with Crippen LogP contribution in [-0.2, 0) is 0 Å². The Morgan fingerprint density at radius 2 is 1.90 bits per heavy atom. The minimum absolute atomic E-state index is 0.00861. The molecule has 2 aromatic rings. The van der Waals surface area contributed by atoms with Gasteiger partial charge in [-0.05, 0) is 30.7 Å². The van der Waals surface area contributed by atoms with Crippen LogP contribution in [0.25, 0.3) is 0 Å². The van der Waals surface area contributed by atoms with Crippen molar-refractivity contribution < 1.29 is 19.6 Å². The Balaban J connectivity index is 2.45. The van der Waals surface area contributed by atoms with Gasteiger partial charge in [0.1, 0.15) is 11.3 Å². The monoisotopic (exact) mass is 273 g/mol. The van der Waals surface area contributed by atoms with Crippen LogP contribution in [0.15, 0.2) is 42.5 Å². The Hall–Kier alpha value is -2.89. The fourth-order valence-corrected chi connectivity index (χ4v) is 1.71. The summed E-state index contributed by atoms with van der Waals surface area (Å²) in [6.45, 7) is 1.72. The van der Waals surface area contributed by atoms with Crippen molar-refractivity contribution in [1.29, 1.82) is 0 Å². The summed E-state index contributed by atoms with van der Waals surface area (Å²) in [5, 5.41) is 20.0. The highest BCUT2D eigenvalue weighted by Gasteiger charge is 2.18. The number of carbonyl (C=O) groups is 1. The lowest BCUT2D eigenvalue weighted by molar-refractivity contribution is -0.385. The molecule has 0 amide bonds. The molecular weight excluding hydrogens is 262 g/mol. The second kappa shape index (κ2) is 5.40.